The van der Waals surface area contributed by atoms with E-state index >= 15 is 0 Å². The minimum absolute atomic E-state index is 0.214. The molecule has 0 aliphatic carbocycles. The molecule has 9 nitrogen and oxygen atoms in total. The molecule has 0 bridgehead atoms. The monoisotopic (exact) mass is 479 g/mol. The molecule has 172 valence electrons. The van der Waals surface area contributed by atoms with E-state index in [1.165, 1.54) is 26.8 Å². The van der Waals surface area contributed by atoms with Crippen LogP contribution < -0.4 is 14.8 Å². The molecule has 0 saturated heterocycles. The van der Waals surface area contributed by atoms with Crippen LogP contribution in [0.5, 0.6) is 11.5 Å². The lowest BCUT2D eigenvalue weighted by Gasteiger charge is -2.18. The Morgan fingerprint density at radius 3 is 2.28 bits per heavy atom. The smallest absolute Gasteiger partial charge is 0.361 e. The second-order valence-corrected chi connectivity index (χ2v) is 10.9. The van der Waals surface area contributed by atoms with Gasteiger partial charge in [-0.1, -0.05) is 6.07 Å². The molecule has 2 aromatic carbocycles. The maximum Gasteiger partial charge on any atom is 0.361 e. The van der Waals surface area contributed by atoms with Crippen molar-refractivity contribution < 1.29 is 27.3 Å². The molecule has 0 N–H and O–H groups in total. The molecule has 0 amide bonds. The summed E-state index contributed by atoms with van der Waals surface area (Å²) in [6.07, 6.45) is 2.84. The summed E-state index contributed by atoms with van der Waals surface area (Å²) in [4.78, 5) is 8.84. The molecule has 1 heterocycles. The van der Waals surface area contributed by atoms with E-state index in [1.54, 1.807) is 50.2 Å². The summed E-state index contributed by atoms with van der Waals surface area (Å²) < 4.78 is 52.7. The number of benzene rings is 2. The molecule has 3 aromatic rings. The number of rotatable bonds is 9. The summed E-state index contributed by atoms with van der Waals surface area (Å²) in [7, 11) is -3.45. The molecule has 0 spiro atoms. The molecular formula is C21H26N3O6PS. The van der Waals surface area contributed by atoms with Crippen molar-refractivity contribution in [2.24, 2.45) is 4.36 Å². The third-order valence-electron chi connectivity index (χ3n) is 4.55. The highest BCUT2D eigenvalue weighted by molar-refractivity contribution is 7.93. The number of ether oxygens (including phenoxy) is 2. The fourth-order valence-electron chi connectivity index (χ4n) is 3.08. The Labute approximate surface area is 187 Å². The summed E-state index contributed by atoms with van der Waals surface area (Å²) in [6, 6.07) is 9.88. The Balaban J connectivity index is 2.15. The van der Waals surface area contributed by atoms with E-state index in [-0.39, 0.29) is 19.0 Å². The van der Waals surface area contributed by atoms with Crippen LogP contribution in [-0.2, 0) is 23.3 Å². The topological polar surface area (TPSA) is 109 Å². The van der Waals surface area contributed by atoms with Crippen molar-refractivity contribution in [1.29, 1.82) is 0 Å². The van der Waals surface area contributed by atoms with Crippen LogP contribution in [0.3, 0.4) is 0 Å². The van der Waals surface area contributed by atoms with Gasteiger partial charge in [-0.3, -0.25) is 4.57 Å². The Morgan fingerprint density at radius 2 is 1.66 bits per heavy atom. The first kappa shape index (κ1) is 24.1. The van der Waals surface area contributed by atoms with Gasteiger partial charge < -0.3 is 18.5 Å². The van der Waals surface area contributed by atoms with E-state index in [0.717, 1.165) is 0 Å². The van der Waals surface area contributed by atoms with Crippen LogP contribution in [0.2, 0.25) is 0 Å². The summed E-state index contributed by atoms with van der Waals surface area (Å²) in [6.45, 7) is 3.89. The van der Waals surface area contributed by atoms with Crippen LogP contribution in [0.4, 0.5) is 5.82 Å². The minimum Gasteiger partial charge on any atom is -0.493 e. The standard InChI is InChI=1S/C21H26N3O6PS/c1-6-29-31(25,30-7-2)15-9-8-10-16(11-15)32(5,26)24-21-17-12-19(27-3)20(28-4)13-18(17)22-14-23-21/h8-14H,6-7H2,1-5H3. The quantitative estimate of drug-likeness (QED) is 0.417. The average Bonchev–Trinajstić information content (AvgIpc) is 2.78. The van der Waals surface area contributed by atoms with E-state index in [9.17, 15) is 8.77 Å². The lowest BCUT2D eigenvalue weighted by atomic mass is 10.2. The zero-order chi connectivity index (χ0) is 23.4. The predicted molar refractivity (Wildman–Crippen MR) is 124 cm³/mol. The summed E-state index contributed by atoms with van der Waals surface area (Å²) >= 11 is 0. The summed E-state index contributed by atoms with van der Waals surface area (Å²) in [5.74, 6) is 1.23. The van der Waals surface area contributed by atoms with Crippen LogP contribution in [0.15, 0.2) is 52.0 Å². The van der Waals surface area contributed by atoms with Gasteiger partial charge >= 0.3 is 7.60 Å². The highest BCUT2D eigenvalue weighted by Crippen LogP contribution is 2.47. The molecule has 0 aliphatic heterocycles. The summed E-state index contributed by atoms with van der Waals surface area (Å²) in [5.41, 5.74) is 0.567. The Hall–Kier alpha value is -2.52. The Bertz CT molecular complexity index is 1280. The van der Waals surface area contributed by atoms with Gasteiger partial charge in [0.2, 0.25) is 0 Å². The second-order valence-electron chi connectivity index (χ2n) is 6.65. The van der Waals surface area contributed by atoms with Crippen LogP contribution in [0.1, 0.15) is 13.8 Å². The number of aromatic nitrogens is 2. The first-order valence-corrected chi connectivity index (χ1v) is 13.3. The second kappa shape index (κ2) is 9.95. The van der Waals surface area contributed by atoms with E-state index in [4.69, 9.17) is 18.5 Å². The SMILES string of the molecule is CCOP(=O)(OCC)c1cccc(S(C)(=O)=Nc2ncnc3cc(OC)c(OC)cc23)c1. The normalized spacial score (nSPS) is 13.5. The number of hydrogen-bond acceptors (Lipinski definition) is 9. The fraction of sp³-hybridized carbons (Fsp3) is 0.333. The van der Waals surface area contributed by atoms with Crippen LogP contribution in [-0.4, -0.2) is 47.9 Å². The third-order valence-corrected chi connectivity index (χ3v) is 8.31. The third kappa shape index (κ3) is 4.94. The van der Waals surface area contributed by atoms with Gasteiger partial charge in [-0.2, -0.15) is 4.36 Å². The van der Waals surface area contributed by atoms with Gasteiger partial charge in [-0.05, 0) is 38.1 Å². The summed E-state index contributed by atoms with van der Waals surface area (Å²) in [5, 5.41) is 0.882. The lowest BCUT2D eigenvalue weighted by molar-refractivity contribution is 0.230. The van der Waals surface area contributed by atoms with Gasteiger partial charge in [-0.25, -0.2) is 14.2 Å². The zero-order valence-corrected chi connectivity index (χ0v) is 20.3. The van der Waals surface area contributed by atoms with E-state index in [2.05, 4.69) is 14.3 Å². The van der Waals surface area contributed by atoms with E-state index in [1.807, 2.05) is 0 Å². The van der Waals surface area contributed by atoms with Crippen molar-refractivity contribution in [2.75, 3.05) is 33.7 Å². The molecule has 1 atom stereocenters. The molecular weight excluding hydrogens is 453 g/mol. The minimum atomic E-state index is -3.53. The maximum absolute atomic E-state index is 13.6. The molecule has 1 aromatic heterocycles. The number of nitrogens with zero attached hydrogens (tertiary/aromatic N) is 3. The fourth-order valence-corrected chi connectivity index (χ4v) is 6.04. The number of hydrogen-bond donors (Lipinski definition) is 0. The predicted octanol–water partition coefficient (Wildman–Crippen LogP) is 4.33. The highest BCUT2D eigenvalue weighted by Gasteiger charge is 2.27. The Kier molecular flexibility index (Phi) is 7.51. The van der Waals surface area contributed by atoms with Crippen molar-refractivity contribution >= 4 is 39.4 Å². The Morgan fingerprint density at radius 1 is 1.00 bits per heavy atom. The zero-order valence-electron chi connectivity index (χ0n) is 18.6. The molecule has 1 unspecified atom stereocenters. The first-order chi connectivity index (χ1) is 15.3. The molecule has 3 rings (SSSR count). The van der Waals surface area contributed by atoms with Crippen molar-refractivity contribution in [1.82, 2.24) is 9.97 Å². The van der Waals surface area contributed by atoms with E-state index in [0.29, 0.717) is 32.6 Å². The average molecular weight is 479 g/mol. The molecule has 0 saturated carbocycles. The molecule has 0 aliphatic rings. The van der Waals surface area contributed by atoms with Crippen molar-refractivity contribution in [3.63, 3.8) is 0 Å². The highest BCUT2D eigenvalue weighted by atomic mass is 32.2. The molecule has 0 fully saturated rings. The van der Waals surface area contributed by atoms with Gasteiger partial charge in [-0.15, -0.1) is 0 Å². The van der Waals surface area contributed by atoms with Crippen molar-refractivity contribution in [3.05, 3.63) is 42.7 Å². The van der Waals surface area contributed by atoms with Crippen LogP contribution in [0.25, 0.3) is 10.9 Å². The van der Waals surface area contributed by atoms with Crippen LogP contribution in [0, 0.1) is 0 Å². The lowest BCUT2D eigenvalue weighted by Crippen LogP contribution is -2.12. The van der Waals surface area contributed by atoms with Gasteiger partial charge in [0, 0.05) is 22.6 Å². The van der Waals surface area contributed by atoms with Crippen LogP contribution >= 0.6 is 7.60 Å². The van der Waals surface area contributed by atoms with Gasteiger partial charge in [0.05, 0.1) is 48.0 Å². The number of methoxy groups -OCH3 is 2. The van der Waals surface area contributed by atoms with Gasteiger partial charge in [0.25, 0.3) is 0 Å². The first-order valence-electron chi connectivity index (χ1n) is 9.86. The van der Waals surface area contributed by atoms with Crippen molar-refractivity contribution in [3.8, 4) is 11.5 Å². The maximum atomic E-state index is 13.6. The van der Waals surface area contributed by atoms with Gasteiger partial charge in [0.1, 0.15) is 6.33 Å². The largest absolute Gasteiger partial charge is 0.493 e. The molecule has 0 radical (unpaired) electrons. The van der Waals surface area contributed by atoms with Gasteiger partial charge in [0.15, 0.2) is 17.3 Å². The molecule has 32 heavy (non-hydrogen) atoms. The molecule has 11 heteroatoms. The number of fused-ring (bicyclic) bond motifs is 1. The van der Waals surface area contributed by atoms with E-state index < -0.39 is 17.3 Å². The van der Waals surface area contributed by atoms with Crippen molar-refractivity contribution in [2.45, 2.75) is 18.7 Å².